The van der Waals surface area contributed by atoms with Gasteiger partial charge in [-0.3, -0.25) is 24.1 Å². The summed E-state index contributed by atoms with van der Waals surface area (Å²) in [6.07, 6.45) is 2.79. The number of halogens is 2. The van der Waals surface area contributed by atoms with Gasteiger partial charge in [0.25, 0.3) is 5.56 Å². The van der Waals surface area contributed by atoms with Crippen LogP contribution < -0.4 is 10.3 Å². The van der Waals surface area contributed by atoms with E-state index in [9.17, 15) is 18.4 Å². The van der Waals surface area contributed by atoms with E-state index in [1.165, 1.54) is 22.9 Å². The topological polar surface area (TPSA) is 74.1 Å². The van der Waals surface area contributed by atoms with Gasteiger partial charge < -0.3 is 4.74 Å². The molecule has 0 atom stereocenters. The van der Waals surface area contributed by atoms with Crippen LogP contribution in [0.2, 0.25) is 0 Å². The molecule has 0 spiro atoms. The van der Waals surface area contributed by atoms with Gasteiger partial charge in [0, 0.05) is 24.0 Å². The summed E-state index contributed by atoms with van der Waals surface area (Å²) in [5.74, 6) is -2.03. The van der Waals surface area contributed by atoms with Crippen molar-refractivity contribution in [2.24, 2.45) is 0 Å². The quantitative estimate of drug-likeness (QED) is 0.491. The molecule has 10 heteroatoms. The summed E-state index contributed by atoms with van der Waals surface area (Å²) in [6, 6.07) is 4.60. The molecule has 29 heavy (non-hydrogen) atoms. The van der Waals surface area contributed by atoms with E-state index >= 15 is 0 Å². The first-order chi connectivity index (χ1) is 13.6. The zero-order chi connectivity index (χ0) is 21.3. The second kappa shape index (κ2) is 7.62. The lowest BCUT2D eigenvalue weighted by Gasteiger charge is -2.28. The molecule has 3 aromatic rings. The summed E-state index contributed by atoms with van der Waals surface area (Å²) in [4.78, 5) is 31.2. The van der Waals surface area contributed by atoms with Gasteiger partial charge >= 0.3 is 0 Å². The van der Waals surface area contributed by atoms with Crippen LogP contribution in [0.5, 0.6) is 5.75 Å². The predicted octanol–water partition coefficient (Wildman–Crippen LogP) is 1.86. The van der Waals surface area contributed by atoms with E-state index in [0.717, 1.165) is 12.3 Å². The average molecular weight is 391 g/mol. The van der Waals surface area contributed by atoms with Crippen molar-refractivity contribution in [2.45, 2.75) is 19.2 Å². The molecule has 0 amide bonds. The van der Waals surface area contributed by atoms with Crippen molar-refractivity contribution in [3.8, 4) is 11.4 Å². The Balaban J connectivity index is 2.02. The van der Waals surface area contributed by atoms with Gasteiger partial charge in [0.05, 0.1) is 17.3 Å². The Morgan fingerprint density at radius 2 is 1.83 bits per heavy atom. The molecule has 3 heterocycles. The van der Waals surface area contributed by atoms with Crippen molar-refractivity contribution in [1.29, 1.82) is 0 Å². The Hall–Kier alpha value is -3.29. The number of nitrogens with zero attached hydrogens (tertiary/aromatic N) is 3. The minimum atomic E-state index is -2.25. The monoisotopic (exact) mass is 391 g/mol. The van der Waals surface area contributed by atoms with Crippen LogP contribution in [0, 0.1) is 25.5 Å². The number of hydrogen-bond acceptors (Lipinski definition) is 5. The first kappa shape index (κ1) is 20.4. The van der Waals surface area contributed by atoms with Gasteiger partial charge in [-0.25, -0.2) is 8.78 Å². The van der Waals surface area contributed by atoms with Crippen molar-refractivity contribution < 1.29 is 18.3 Å². The average Bonchev–Trinajstić information content (AvgIpc) is 2.62. The highest BCUT2D eigenvalue weighted by Gasteiger charge is 2.28. The van der Waals surface area contributed by atoms with Crippen LogP contribution in [0.15, 0.2) is 41.5 Å². The second-order valence-corrected chi connectivity index (χ2v) is 6.40. The first-order valence-corrected chi connectivity index (χ1v) is 8.36. The Kier molecular flexibility index (Phi) is 5.37. The van der Waals surface area contributed by atoms with E-state index in [-0.39, 0.29) is 11.4 Å². The third kappa shape index (κ3) is 4.11. The maximum Gasteiger partial charge on any atom is 0.259 e. The number of carbonyl (C=O) groups excluding carboxylic acids is 1. The minimum Gasteiger partial charge on any atom is -0.501 e. The normalized spacial score (nSPS) is 11.3. The van der Waals surface area contributed by atoms with E-state index in [0.29, 0.717) is 29.3 Å². The fourth-order valence-electron chi connectivity index (χ4n) is 2.82. The van der Waals surface area contributed by atoms with Crippen molar-refractivity contribution in [3.63, 3.8) is 0 Å². The molecule has 0 aliphatic heterocycles. The zero-order valence-electron chi connectivity index (χ0n) is 15.5. The molecule has 0 unspecified atom stereocenters. The Labute approximate surface area is 167 Å². The third-order valence-electron chi connectivity index (χ3n) is 4.11. The minimum absolute atomic E-state index is 0.0402. The lowest BCUT2D eigenvalue weighted by Crippen LogP contribution is -2.37. The second-order valence-electron chi connectivity index (χ2n) is 6.40. The predicted molar refractivity (Wildman–Crippen MR) is 103 cm³/mol. The lowest BCUT2D eigenvalue weighted by molar-refractivity contribution is 0.111. The van der Waals surface area contributed by atoms with Crippen molar-refractivity contribution in [3.05, 3.63) is 81.3 Å². The lowest BCUT2D eigenvalue weighted by atomic mass is 9.62. The van der Waals surface area contributed by atoms with Gasteiger partial charge in [0.15, 0.2) is 6.29 Å². The molecule has 3 rings (SSSR count). The summed E-state index contributed by atoms with van der Waals surface area (Å²) < 4.78 is 33.8. The molecule has 0 saturated carbocycles. The molecule has 0 fully saturated rings. The number of hydrogen-bond donors (Lipinski definition) is 0. The fourth-order valence-corrected chi connectivity index (χ4v) is 2.82. The van der Waals surface area contributed by atoms with Crippen LogP contribution in [-0.4, -0.2) is 36.5 Å². The summed E-state index contributed by atoms with van der Waals surface area (Å²) in [5.41, 5.74) is 0.698. The maximum absolute atomic E-state index is 14.0. The molecule has 0 aliphatic rings. The van der Waals surface area contributed by atoms with E-state index in [2.05, 4.69) is 9.97 Å². The van der Waals surface area contributed by atoms with Gasteiger partial charge in [-0.05, 0) is 31.5 Å². The van der Waals surface area contributed by atoms with Crippen LogP contribution >= 0.6 is 0 Å². The zero-order valence-corrected chi connectivity index (χ0v) is 15.5. The summed E-state index contributed by atoms with van der Waals surface area (Å²) in [5, 5.41) is -2.25. The number of pyridine rings is 3. The van der Waals surface area contributed by atoms with E-state index in [4.69, 9.17) is 20.4 Å². The Morgan fingerprint density at radius 3 is 2.45 bits per heavy atom. The Bertz CT molecular complexity index is 1170. The molecule has 0 bridgehead atoms. The van der Waals surface area contributed by atoms with Gasteiger partial charge in [0.2, 0.25) is 0 Å². The number of carbonyl (C=O) groups is 1. The molecule has 6 nitrogen and oxygen atoms in total. The number of rotatable bonds is 5. The highest BCUT2D eigenvalue weighted by Crippen LogP contribution is 2.25. The SMILES string of the molecule is [B]C([B])(Oc1cc(C)n(-c2cc(C=O)ncc2C)c(=O)c1)c1ncc(F)cc1F. The molecule has 0 N–H and O–H groups in total. The first-order valence-electron chi connectivity index (χ1n) is 8.36. The standard InChI is InChI=1S/C19H13B2F2N3O3/c1-10-7-24-13(9-27)5-16(10)26-11(2)3-14(6-17(26)28)29-19(20,21)18-15(23)4-12(22)8-25-18/h3-9H,1-2H3. The van der Waals surface area contributed by atoms with Crippen LogP contribution in [-0.2, 0) is 5.40 Å². The van der Waals surface area contributed by atoms with Gasteiger partial charge in [-0.2, -0.15) is 0 Å². The molecule has 0 saturated heterocycles. The number of aldehydes is 1. The molecule has 0 aromatic carbocycles. The van der Waals surface area contributed by atoms with Crippen LogP contribution in [0.3, 0.4) is 0 Å². The van der Waals surface area contributed by atoms with Gasteiger partial charge in [0.1, 0.15) is 44.5 Å². The van der Waals surface area contributed by atoms with E-state index < -0.39 is 28.3 Å². The highest BCUT2D eigenvalue weighted by atomic mass is 19.1. The number of aromatic nitrogens is 3. The van der Waals surface area contributed by atoms with Gasteiger partial charge in [-0.1, -0.05) is 0 Å². The molecule has 142 valence electrons. The third-order valence-corrected chi connectivity index (χ3v) is 4.11. The fraction of sp³-hybridized carbons (Fsp3) is 0.158. The molecule has 3 aromatic heterocycles. The summed E-state index contributed by atoms with van der Waals surface area (Å²) >= 11 is 0. The van der Waals surface area contributed by atoms with Crippen molar-refractivity contribution in [2.75, 3.05) is 0 Å². The van der Waals surface area contributed by atoms with Gasteiger partial charge in [-0.15, -0.1) is 0 Å². The molecule has 0 aliphatic carbocycles. The van der Waals surface area contributed by atoms with Crippen LogP contribution in [0.4, 0.5) is 8.78 Å². The largest absolute Gasteiger partial charge is 0.501 e. The van der Waals surface area contributed by atoms with Crippen LogP contribution in [0.25, 0.3) is 5.69 Å². The number of ether oxygens (including phenoxy) is 1. The smallest absolute Gasteiger partial charge is 0.259 e. The van der Waals surface area contributed by atoms with Crippen LogP contribution in [0.1, 0.15) is 27.4 Å². The van der Waals surface area contributed by atoms with Crippen molar-refractivity contribution in [1.82, 2.24) is 14.5 Å². The van der Waals surface area contributed by atoms with E-state index in [1.807, 2.05) is 0 Å². The molecular weight excluding hydrogens is 378 g/mol. The highest BCUT2D eigenvalue weighted by molar-refractivity contribution is 6.38. The Morgan fingerprint density at radius 1 is 1.10 bits per heavy atom. The van der Waals surface area contributed by atoms with Crippen molar-refractivity contribution >= 4 is 22.0 Å². The summed E-state index contributed by atoms with van der Waals surface area (Å²) in [6.45, 7) is 3.36. The maximum atomic E-state index is 14.0. The van der Waals surface area contributed by atoms with E-state index in [1.54, 1.807) is 13.8 Å². The summed E-state index contributed by atoms with van der Waals surface area (Å²) in [7, 11) is 11.6. The number of aryl methyl sites for hydroxylation is 2. The molecular formula is C19H13B2F2N3O3. The molecule has 4 radical (unpaired) electrons.